The van der Waals surface area contributed by atoms with Crippen molar-refractivity contribution in [1.29, 1.82) is 0 Å². The molecule has 0 bridgehead atoms. The van der Waals surface area contributed by atoms with E-state index in [9.17, 15) is 13.2 Å². The molecule has 1 amide bonds. The van der Waals surface area contributed by atoms with Crippen molar-refractivity contribution in [3.05, 3.63) is 35.4 Å². The van der Waals surface area contributed by atoms with Gasteiger partial charge in [0.1, 0.15) is 0 Å². The number of methoxy groups -OCH3 is 1. The fourth-order valence-electron chi connectivity index (χ4n) is 1.80. The van der Waals surface area contributed by atoms with Crippen molar-refractivity contribution in [2.75, 3.05) is 20.3 Å². The van der Waals surface area contributed by atoms with E-state index in [1.807, 2.05) is 0 Å². The smallest absolute Gasteiger partial charge is 0.267 e. The Kier molecular flexibility index (Phi) is 3.17. The van der Waals surface area contributed by atoms with Gasteiger partial charge in [-0.2, -0.15) is 0 Å². The molecule has 0 aliphatic carbocycles. The maximum atomic E-state index is 12.0. The normalized spacial score (nSPS) is 17.9. The molecule has 0 aromatic heterocycles. The molecule has 0 fully saturated rings. The van der Waals surface area contributed by atoms with Gasteiger partial charge < -0.3 is 4.74 Å². The van der Waals surface area contributed by atoms with Crippen LogP contribution in [0.4, 0.5) is 0 Å². The summed E-state index contributed by atoms with van der Waals surface area (Å²) in [7, 11) is -2.09. The van der Waals surface area contributed by atoms with Gasteiger partial charge in [0, 0.05) is 12.7 Å². The van der Waals surface area contributed by atoms with Gasteiger partial charge in [-0.1, -0.05) is 18.2 Å². The average Bonchev–Trinajstić information content (AvgIpc) is 2.28. The molecule has 1 aliphatic rings. The second kappa shape index (κ2) is 4.46. The van der Waals surface area contributed by atoms with Gasteiger partial charge in [-0.3, -0.25) is 4.79 Å². The Morgan fingerprint density at radius 2 is 2.06 bits per heavy atom. The van der Waals surface area contributed by atoms with Crippen LogP contribution in [0, 0.1) is 0 Å². The first-order valence-corrected chi connectivity index (χ1v) is 6.79. The van der Waals surface area contributed by atoms with E-state index in [0.29, 0.717) is 11.1 Å². The van der Waals surface area contributed by atoms with E-state index in [4.69, 9.17) is 4.74 Å². The molecule has 1 aromatic rings. The van der Waals surface area contributed by atoms with Crippen LogP contribution in [0.5, 0.6) is 0 Å². The second-order valence-corrected chi connectivity index (χ2v) is 5.68. The number of amides is 1. The van der Waals surface area contributed by atoms with Gasteiger partial charge in [-0.05, 0) is 11.6 Å². The first-order valence-electron chi connectivity index (χ1n) is 5.18. The van der Waals surface area contributed by atoms with Crippen LogP contribution in [-0.2, 0) is 20.5 Å². The Balaban J connectivity index is 2.40. The Labute approximate surface area is 100 Å². The number of fused-ring (bicyclic) bond motifs is 1. The lowest BCUT2D eigenvalue weighted by Crippen LogP contribution is -2.43. The Hall–Kier alpha value is -1.40. The average molecular weight is 255 g/mol. The molecular weight excluding hydrogens is 242 g/mol. The van der Waals surface area contributed by atoms with E-state index in [1.165, 1.54) is 7.11 Å². The molecular formula is C11H13NO4S. The predicted molar refractivity (Wildman–Crippen MR) is 62.0 cm³/mol. The summed E-state index contributed by atoms with van der Waals surface area (Å²) in [5, 5.41) is 0. The first-order chi connectivity index (χ1) is 8.06. The zero-order valence-corrected chi connectivity index (χ0v) is 10.2. The van der Waals surface area contributed by atoms with E-state index in [0.717, 1.165) is 4.31 Å². The maximum absolute atomic E-state index is 12.0. The molecule has 1 aliphatic heterocycles. The topological polar surface area (TPSA) is 63.7 Å². The summed E-state index contributed by atoms with van der Waals surface area (Å²) in [6.45, 7) is 0.263. The Bertz CT molecular complexity index is 538. The van der Waals surface area contributed by atoms with Crippen molar-refractivity contribution in [3.63, 3.8) is 0 Å². The number of sulfonamides is 1. The predicted octanol–water partition coefficient (Wildman–Crippen LogP) is 0.619. The van der Waals surface area contributed by atoms with Crippen LogP contribution in [0.3, 0.4) is 0 Å². The highest BCUT2D eigenvalue weighted by molar-refractivity contribution is 7.89. The van der Waals surface area contributed by atoms with Crippen molar-refractivity contribution in [1.82, 2.24) is 4.31 Å². The zero-order chi connectivity index (χ0) is 12.5. The molecule has 0 radical (unpaired) electrons. The van der Waals surface area contributed by atoms with Crippen molar-refractivity contribution < 1.29 is 17.9 Å². The highest BCUT2D eigenvalue weighted by Gasteiger charge is 2.35. The van der Waals surface area contributed by atoms with Crippen LogP contribution in [0.15, 0.2) is 24.3 Å². The molecule has 0 spiro atoms. The number of hydrogen-bond donors (Lipinski definition) is 0. The van der Waals surface area contributed by atoms with Gasteiger partial charge in [0.25, 0.3) is 5.91 Å². The minimum atomic E-state index is -3.55. The van der Waals surface area contributed by atoms with E-state index in [1.54, 1.807) is 24.3 Å². The summed E-state index contributed by atoms with van der Waals surface area (Å²) in [4.78, 5) is 12.0. The lowest BCUT2D eigenvalue weighted by molar-refractivity contribution is 0.0819. The molecule has 0 saturated heterocycles. The number of carbonyl (C=O) groups excluding carboxylic acids is 1. The Morgan fingerprint density at radius 1 is 1.35 bits per heavy atom. The van der Waals surface area contributed by atoms with Gasteiger partial charge in [0.05, 0.1) is 18.9 Å². The van der Waals surface area contributed by atoms with Crippen LogP contribution in [0.2, 0.25) is 0 Å². The monoisotopic (exact) mass is 255 g/mol. The van der Waals surface area contributed by atoms with Crippen molar-refractivity contribution in [2.24, 2.45) is 0 Å². The van der Waals surface area contributed by atoms with E-state index >= 15 is 0 Å². The minimum absolute atomic E-state index is 0.0615. The Morgan fingerprint density at radius 3 is 2.76 bits per heavy atom. The van der Waals surface area contributed by atoms with Crippen LogP contribution >= 0.6 is 0 Å². The molecule has 0 saturated carbocycles. The number of benzene rings is 1. The van der Waals surface area contributed by atoms with Gasteiger partial charge >= 0.3 is 0 Å². The van der Waals surface area contributed by atoms with Crippen molar-refractivity contribution >= 4 is 15.9 Å². The molecule has 6 heteroatoms. The molecule has 5 nitrogen and oxygen atoms in total. The van der Waals surface area contributed by atoms with Gasteiger partial charge in [-0.15, -0.1) is 0 Å². The highest BCUT2D eigenvalue weighted by Crippen LogP contribution is 2.24. The number of carbonyl (C=O) groups is 1. The molecule has 92 valence electrons. The quantitative estimate of drug-likeness (QED) is 0.794. The summed E-state index contributed by atoms with van der Waals surface area (Å²) in [6, 6.07) is 6.76. The third kappa shape index (κ3) is 2.18. The lowest BCUT2D eigenvalue weighted by Gasteiger charge is -2.27. The van der Waals surface area contributed by atoms with Crippen LogP contribution in [-0.4, -0.2) is 38.9 Å². The minimum Gasteiger partial charge on any atom is -0.383 e. The summed E-state index contributed by atoms with van der Waals surface area (Å²) < 4.78 is 29.5. The van der Waals surface area contributed by atoms with Crippen LogP contribution in [0.1, 0.15) is 15.9 Å². The van der Waals surface area contributed by atoms with Gasteiger partial charge in [0.15, 0.2) is 0 Å². The van der Waals surface area contributed by atoms with Gasteiger partial charge in [0.2, 0.25) is 10.0 Å². The van der Waals surface area contributed by atoms with E-state index in [2.05, 4.69) is 0 Å². The summed E-state index contributed by atoms with van der Waals surface area (Å²) in [5.41, 5.74) is 1.02. The van der Waals surface area contributed by atoms with Gasteiger partial charge in [-0.25, -0.2) is 12.7 Å². The number of hydrogen-bond acceptors (Lipinski definition) is 4. The molecule has 1 heterocycles. The summed E-state index contributed by atoms with van der Waals surface area (Å²) >= 11 is 0. The fourth-order valence-corrected chi connectivity index (χ4v) is 3.31. The molecule has 1 aromatic carbocycles. The van der Waals surface area contributed by atoms with E-state index < -0.39 is 15.9 Å². The third-order valence-corrected chi connectivity index (χ3v) is 4.34. The number of nitrogens with zero attached hydrogens (tertiary/aromatic N) is 1. The highest BCUT2D eigenvalue weighted by atomic mass is 32.2. The third-order valence-electron chi connectivity index (χ3n) is 2.65. The van der Waals surface area contributed by atoms with Crippen molar-refractivity contribution in [2.45, 2.75) is 5.75 Å². The standard InChI is InChI=1S/C11H13NO4S/c1-16-7-6-12-11(13)10-5-3-2-4-9(10)8-17(12,14)15/h2-5H,6-8H2,1H3. The SMILES string of the molecule is COCCN1C(=O)c2ccccc2CS1(=O)=O. The molecule has 2 rings (SSSR count). The largest absolute Gasteiger partial charge is 0.383 e. The van der Waals surface area contributed by atoms with Crippen molar-refractivity contribution in [3.8, 4) is 0 Å². The number of ether oxygens (including phenoxy) is 1. The molecule has 0 N–H and O–H groups in total. The molecule has 17 heavy (non-hydrogen) atoms. The number of rotatable bonds is 3. The summed E-state index contributed by atoms with van der Waals surface area (Å²) in [5.74, 6) is -0.595. The molecule has 0 unspecified atom stereocenters. The van der Waals surface area contributed by atoms with E-state index in [-0.39, 0.29) is 18.9 Å². The zero-order valence-electron chi connectivity index (χ0n) is 9.42. The van der Waals surface area contributed by atoms with Crippen LogP contribution < -0.4 is 0 Å². The second-order valence-electron chi connectivity index (χ2n) is 3.78. The lowest BCUT2D eigenvalue weighted by atomic mass is 10.1. The maximum Gasteiger partial charge on any atom is 0.267 e. The first kappa shape index (κ1) is 12.1. The summed E-state index contributed by atoms with van der Waals surface area (Å²) in [6.07, 6.45) is 0. The molecule has 0 atom stereocenters. The fraction of sp³-hybridized carbons (Fsp3) is 0.364. The van der Waals surface area contributed by atoms with Crippen LogP contribution in [0.25, 0.3) is 0 Å².